The smallest absolute Gasteiger partial charge is 0.223 e. The maximum Gasteiger partial charge on any atom is 0.223 e. The van der Waals surface area contributed by atoms with E-state index >= 15 is 0 Å². The van der Waals surface area contributed by atoms with E-state index in [1.165, 1.54) is 18.3 Å². The lowest BCUT2D eigenvalue weighted by atomic mass is 10.1. The van der Waals surface area contributed by atoms with Crippen molar-refractivity contribution in [3.63, 3.8) is 0 Å². The fraction of sp³-hybridized carbons (Fsp3) is 0.100. The van der Waals surface area contributed by atoms with Gasteiger partial charge in [-0.1, -0.05) is 18.2 Å². The summed E-state index contributed by atoms with van der Waals surface area (Å²) in [5, 5.41) is 6.26. The monoisotopic (exact) mass is 412 g/mol. The van der Waals surface area contributed by atoms with Crippen molar-refractivity contribution >= 4 is 46.8 Å². The number of rotatable bonds is 4. The van der Waals surface area contributed by atoms with Crippen molar-refractivity contribution in [3.8, 4) is 11.3 Å². The molecule has 6 nitrogen and oxygen atoms in total. The minimum Gasteiger partial charge on any atom is -0.316 e. The molecule has 4 rings (SSSR count). The summed E-state index contributed by atoms with van der Waals surface area (Å²) in [5.74, 6) is -0.135. The quantitative estimate of drug-likeness (QED) is 0.473. The number of carbonyl (C=O) groups is 2. The Morgan fingerprint density at radius 3 is 2.68 bits per heavy atom. The van der Waals surface area contributed by atoms with E-state index < -0.39 is 0 Å². The Kier molecular flexibility index (Phi) is 5.58. The van der Waals surface area contributed by atoms with Crippen LogP contribution in [0.2, 0.25) is 0 Å². The fourth-order valence-electron chi connectivity index (χ4n) is 2.87. The highest BCUT2D eigenvalue weighted by atomic mass is 35.5. The van der Waals surface area contributed by atoms with E-state index in [9.17, 15) is 9.59 Å². The number of carbonyl (C=O) groups excluding carboxylic acids is 2. The summed E-state index contributed by atoms with van der Waals surface area (Å²) in [5.41, 5.74) is 3.44. The first kappa shape index (κ1) is 19.7. The van der Waals surface area contributed by atoms with Crippen LogP contribution in [0.5, 0.6) is 0 Å². The lowest BCUT2D eigenvalue weighted by molar-refractivity contribution is -0.116. The number of thiophene rings is 1. The molecule has 0 aliphatic rings. The van der Waals surface area contributed by atoms with E-state index in [1.807, 2.05) is 41.8 Å². The van der Waals surface area contributed by atoms with Gasteiger partial charge in [0.2, 0.25) is 11.7 Å². The second kappa shape index (κ2) is 7.92. The average Bonchev–Trinajstić information content (AvgIpc) is 3.36. The maximum atomic E-state index is 12.7. The molecule has 0 aliphatic carbocycles. The molecule has 1 aromatic carbocycles. The van der Waals surface area contributed by atoms with Gasteiger partial charge in [-0.2, -0.15) is 5.10 Å². The number of benzene rings is 1. The van der Waals surface area contributed by atoms with Crippen molar-refractivity contribution in [2.75, 3.05) is 11.9 Å². The third kappa shape index (κ3) is 3.42. The van der Waals surface area contributed by atoms with Gasteiger partial charge in [-0.25, -0.2) is 9.50 Å². The first-order valence-electron chi connectivity index (χ1n) is 8.32. The Morgan fingerprint density at radius 2 is 1.96 bits per heavy atom. The van der Waals surface area contributed by atoms with E-state index in [4.69, 9.17) is 0 Å². The van der Waals surface area contributed by atoms with Crippen LogP contribution in [0.3, 0.4) is 0 Å². The topological polar surface area (TPSA) is 67.6 Å². The zero-order chi connectivity index (χ0) is 19.0. The van der Waals surface area contributed by atoms with Gasteiger partial charge >= 0.3 is 0 Å². The Labute approximate surface area is 171 Å². The highest BCUT2D eigenvalue weighted by Crippen LogP contribution is 2.26. The van der Waals surface area contributed by atoms with E-state index in [0.717, 1.165) is 16.9 Å². The number of halogens is 1. The normalized spacial score (nSPS) is 10.5. The first-order valence-corrected chi connectivity index (χ1v) is 9.20. The Bertz CT molecular complexity index is 1150. The van der Waals surface area contributed by atoms with Gasteiger partial charge in [0.05, 0.1) is 22.3 Å². The summed E-state index contributed by atoms with van der Waals surface area (Å²) in [6.45, 7) is 1.52. The largest absolute Gasteiger partial charge is 0.316 e. The number of nitrogens with zero attached hydrogens (tertiary/aromatic N) is 4. The zero-order valence-electron chi connectivity index (χ0n) is 15.2. The van der Waals surface area contributed by atoms with Crippen molar-refractivity contribution in [2.45, 2.75) is 6.92 Å². The van der Waals surface area contributed by atoms with Gasteiger partial charge in [-0.15, -0.1) is 23.7 Å². The molecule has 3 heterocycles. The van der Waals surface area contributed by atoms with E-state index in [0.29, 0.717) is 16.1 Å². The predicted molar refractivity (Wildman–Crippen MR) is 113 cm³/mol. The second-order valence-corrected chi connectivity index (χ2v) is 7.01. The summed E-state index contributed by atoms with van der Waals surface area (Å²) >= 11 is 1.39. The van der Waals surface area contributed by atoms with Crippen LogP contribution in [0.25, 0.3) is 16.9 Å². The van der Waals surface area contributed by atoms with Crippen LogP contribution in [0.15, 0.2) is 60.2 Å². The van der Waals surface area contributed by atoms with Gasteiger partial charge in [0, 0.05) is 31.4 Å². The zero-order valence-corrected chi connectivity index (χ0v) is 16.8. The molecule has 0 fully saturated rings. The molecule has 0 saturated heterocycles. The number of anilines is 1. The van der Waals surface area contributed by atoms with Crippen molar-refractivity contribution in [2.24, 2.45) is 0 Å². The summed E-state index contributed by atoms with van der Waals surface area (Å²) in [6.07, 6.45) is 3.22. The van der Waals surface area contributed by atoms with E-state index in [2.05, 4.69) is 10.1 Å². The number of ketones is 1. The lowest BCUT2D eigenvalue weighted by Gasteiger charge is -2.16. The van der Waals surface area contributed by atoms with Crippen LogP contribution in [0.1, 0.15) is 22.2 Å². The van der Waals surface area contributed by atoms with Crippen molar-refractivity contribution < 1.29 is 9.59 Å². The third-order valence-corrected chi connectivity index (χ3v) is 5.26. The average molecular weight is 413 g/mol. The summed E-state index contributed by atoms with van der Waals surface area (Å²) in [4.78, 5) is 31.0. The molecule has 0 bridgehead atoms. The number of fused-ring (bicyclic) bond motifs is 1. The van der Waals surface area contributed by atoms with Crippen LogP contribution >= 0.6 is 23.7 Å². The molecule has 4 aromatic rings. The van der Waals surface area contributed by atoms with Gasteiger partial charge in [-0.3, -0.25) is 9.59 Å². The van der Waals surface area contributed by atoms with Crippen LogP contribution < -0.4 is 4.90 Å². The van der Waals surface area contributed by atoms with Gasteiger partial charge in [0.25, 0.3) is 0 Å². The number of hydrogen-bond acceptors (Lipinski definition) is 5. The Hall–Kier alpha value is -3.03. The predicted octanol–water partition coefficient (Wildman–Crippen LogP) is 4.09. The van der Waals surface area contributed by atoms with Gasteiger partial charge in [0.1, 0.15) is 0 Å². The van der Waals surface area contributed by atoms with Crippen molar-refractivity contribution in [1.82, 2.24) is 14.6 Å². The number of hydrogen-bond donors (Lipinski definition) is 0. The lowest BCUT2D eigenvalue weighted by Crippen LogP contribution is -2.22. The fourth-order valence-corrected chi connectivity index (χ4v) is 3.54. The molecule has 0 atom stereocenters. The van der Waals surface area contributed by atoms with Crippen LogP contribution in [-0.4, -0.2) is 33.3 Å². The molecular weight excluding hydrogens is 396 g/mol. The number of aromatic nitrogens is 3. The molecule has 0 saturated carbocycles. The third-order valence-electron chi connectivity index (χ3n) is 4.39. The molecule has 28 heavy (non-hydrogen) atoms. The summed E-state index contributed by atoms with van der Waals surface area (Å²) in [7, 11) is 1.73. The van der Waals surface area contributed by atoms with Crippen LogP contribution in [0.4, 0.5) is 5.69 Å². The number of amides is 1. The molecule has 142 valence electrons. The van der Waals surface area contributed by atoms with Crippen LogP contribution in [-0.2, 0) is 4.79 Å². The highest BCUT2D eigenvalue weighted by molar-refractivity contribution is 7.12. The van der Waals surface area contributed by atoms with Gasteiger partial charge in [0.15, 0.2) is 5.65 Å². The highest BCUT2D eigenvalue weighted by Gasteiger charge is 2.18. The molecule has 3 aromatic heterocycles. The van der Waals surface area contributed by atoms with Crippen LogP contribution in [0, 0.1) is 0 Å². The first-order chi connectivity index (χ1) is 13.1. The molecular formula is C20H17ClN4O2S. The van der Waals surface area contributed by atoms with Crippen molar-refractivity contribution in [1.29, 1.82) is 0 Å². The molecule has 0 radical (unpaired) electrons. The van der Waals surface area contributed by atoms with Gasteiger partial charge < -0.3 is 4.90 Å². The molecule has 8 heteroatoms. The van der Waals surface area contributed by atoms with Crippen molar-refractivity contribution in [3.05, 3.63) is 70.7 Å². The summed E-state index contributed by atoms with van der Waals surface area (Å²) in [6, 6.07) is 13.1. The van der Waals surface area contributed by atoms with E-state index in [-0.39, 0.29) is 24.1 Å². The minimum absolute atomic E-state index is 0. The molecule has 1 amide bonds. The SMILES string of the molecule is CC(=O)N(C)c1cccc(-c2ccnc3c(C(=O)c4cccs4)cnn23)c1.Cl. The molecule has 0 spiro atoms. The molecule has 0 N–H and O–H groups in total. The molecule has 0 unspecified atom stereocenters. The Morgan fingerprint density at radius 1 is 1.14 bits per heavy atom. The van der Waals surface area contributed by atoms with E-state index in [1.54, 1.807) is 34.9 Å². The summed E-state index contributed by atoms with van der Waals surface area (Å²) < 4.78 is 1.66. The Balaban J connectivity index is 0.00000225. The minimum atomic E-state index is -0.0882. The van der Waals surface area contributed by atoms with Gasteiger partial charge in [-0.05, 0) is 29.6 Å². The standard InChI is InChI=1S/C20H16N4O2S.ClH/c1-13(25)23(2)15-6-3-5-14(11-15)17-8-9-21-20-16(12-22-24(17)20)19(26)18-7-4-10-27-18;/h3-12H,1-2H3;1H. The second-order valence-electron chi connectivity index (χ2n) is 6.06. The maximum absolute atomic E-state index is 12.7. The molecule has 0 aliphatic heterocycles.